The summed E-state index contributed by atoms with van der Waals surface area (Å²) in [5, 5.41) is 8.35. The van der Waals surface area contributed by atoms with Gasteiger partial charge in [0.05, 0.1) is 19.3 Å². The van der Waals surface area contributed by atoms with Crippen molar-refractivity contribution in [2.75, 3.05) is 37.7 Å². The van der Waals surface area contributed by atoms with Crippen molar-refractivity contribution in [3.63, 3.8) is 0 Å². The fourth-order valence-corrected chi connectivity index (χ4v) is 3.62. The molecular weight excluding hydrogens is 268 g/mol. The van der Waals surface area contributed by atoms with Crippen molar-refractivity contribution in [3.05, 3.63) is 5.89 Å². The van der Waals surface area contributed by atoms with Gasteiger partial charge >= 0.3 is 6.01 Å². The lowest BCUT2D eigenvalue weighted by atomic mass is 10.0. The van der Waals surface area contributed by atoms with Crippen LogP contribution in [0.15, 0.2) is 4.42 Å². The molecule has 1 aromatic heterocycles. The van der Waals surface area contributed by atoms with Gasteiger partial charge < -0.3 is 14.1 Å². The number of aryl methyl sites for hydroxylation is 1. The molecular formula is C15H24N4O2. The molecule has 0 amide bonds. The number of ether oxygens (including phenoxy) is 1. The number of nitrogens with zero attached hydrogens (tertiary/aromatic N) is 4. The van der Waals surface area contributed by atoms with Crippen molar-refractivity contribution in [1.82, 2.24) is 15.1 Å². The molecule has 0 radical (unpaired) electrons. The third kappa shape index (κ3) is 2.66. The first-order chi connectivity index (χ1) is 10.3. The van der Waals surface area contributed by atoms with Gasteiger partial charge in [-0.05, 0) is 25.2 Å². The summed E-state index contributed by atoms with van der Waals surface area (Å²) in [6.45, 7) is 6.88. The summed E-state index contributed by atoms with van der Waals surface area (Å²) in [6.07, 6.45) is 4.66. The highest BCUT2D eigenvalue weighted by Crippen LogP contribution is 2.38. The number of anilines is 1. The fourth-order valence-electron chi connectivity index (χ4n) is 3.62. The van der Waals surface area contributed by atoms with Crippen LogP contribution in [0, 0.1) is 5.92 Å². The molecule has 3 fully saturated rings. The Morgan fingerprint density at radius 3 is 2.90 bits per heavy atom. The molecule has 4 rings (SSSR count). The van der Waals surface area contributed by atoms with Gasteiger partial charge in [-0.3, -0.25) is 4.90 Å². The Kier molecular flexibility index (Phi) is 3.59. The van der Waals surface area contributed by atoms with Gasteiger partial charge in [-0.15, -0.1) is 5.10 Å². The predicted molar refractivity (Wildman–Crippen MR) is 78.3 cm³/mol. The zero-order chi connectivity index (χ0) is 14.2. The number of hydrogen-bond donors (Lipinski definition) is 0. The molecule has 1 saturated carbocycles. The lowest BCUT2D eigenvalue weighted by molar-refractivity contribution is -0.0607. The zero-order valence-electron chi connectivity index (χ0n) is 12.7. The molecule has 3 heterocycles. The monoisotopic (exact) mass is 292 g/mol. The highest BCUT2D eigenvalue weighted by molar-refractivity contribution is 5.26. The molecule has 116 valence electrons. The lowest BCUT2D eigenvalue weighted by Gasteiger charge is -2.47. The Balaban J connectivity index is 1.43. The number of rotatable bonds is 4. The van der Waals surface area contributed by atoms with Gasteiger partial charge in [0.25, 0.3) is 0 Å². The summed E-state index contributed by atoms with van der Waals surface area (Å²) in [6, 6.07) is 1.80. The van der Waals surface area contributed by atoms with Crippen LogP contribution in [-0.4, -0.2) is 60.0 Å². The molecule has 6 nitrogen and oxygen atoms in total. The van der Waals surface area contributed by atoms with Crippen LogP contribution in [0.25, 0.3) is 0 Å². The van der Waals surface area contributed by atoms with Gasteiger partial charge in [0, 0.05) is 32.1 Å². The van der Waals surface area contributed by atoms with Crippen LogP contribution in [-0.2, 0) is 11.2 Å². The SMILES string of the molecule is CCCc1nnc(N2CCN3[C@@H](COC[C@@H]3C3CC3)C2)o1. The van der Waals surface area contributed by atoms with E-state index < -0.39 is 0 Å². The largest absolute Gasteiger partial charge is 0.408 e. The normalized spacial score (nSPS) is 30.4. The molecule has 1 aliphatic carbocycles. The number of morpholine rings is 1. The third-order valence-electron chi connectivity index (χ3n) is 4.91. The number of hydrogen-bond acceptors (Lipinski definition) is 6. The standard InChI is InChI=1S/C15H24N4O2/c1-2-3-14-16-17-15(21-14)18-6-7-19-12(8-18)9-20-10-13(19)11-4-5-11/h11-13H,2-10H2,1H3/t12-,13-/m1/s1. The second-order valence-corrected chi connectivity index (χ2v) is 6.51. The predicted octanol–water partition coefficient (Wildman–Crippen LogP) is 1.32. The van der Waals surface area contributed by atoms with Gasteiger partial charge in [-0.25, -0.2) is 0 Å². The van der Waals surface area contributed by atoms with E-state index in [9.17, 15) is 0 Å². The molecule has 6 heteroatoms. The van der Waals surface area contributed by atoms with Crippen molar-refractivity contribution in [2.45, 2.75) is 44.7 Å². The highest BCUT2D eigenvalue weighted by atomic mass is 16.5. The third-order valence-corrected chi connectivity index (χ3v) is 4.91. The maximum atomic E-state index is 5.85. The van der Waals surface area contributed by atoms with E-state index >= 15 is 0 Å². The second-order valence-electron chi connectivity index (χ2n) is 6.51. The van der Waals surface area contributed by atoms with Crippen LogP contribution in [0.4, 0.5) is 6.01 Å². The first kappa shape index (κ1) is 13.5. The maximum Gasteiger partial charge on any atom is 0.318 e. The number of aromatic nitrogens is 2. The summed E-state index contributed by atoms with van der Waals surface area (Å²) >= 11 is 0. The van der Waals surface area contributed by atoms with E-state index in [1.165, 1.54) is 12.8 Å². The van der Waals surface area contributed by atoms with E-state index in [1.807, 2.05) is 0 Å². The Morgan fingerprint density at radius 1 is 1.19 bits per heavy atom. The fraction of sp³-hybridized carbons (Fsp3) is 0.867. The first-order valence-electron chi connectivity index (χ1n) is 8.26. The van der Waals surface area contributed by atoms with E-state index in [1.54, 1.807) is 0 Å². The molecule has 2 saturated heterocycles. The summed E-state index contributed by atoms with van der Waals surface area (Å²) < 4.78 is 11.6. The van der Waals surface area contributed by atoms with Gasteiger partial charge in [0.1, 0.15) is 0 Å². The maximum absolute atomic E-state index is 5.85. The average Bonchev–Trinajstić information content (AvgIpc) is 3.26. The van der Waals surface area contributed by atoms with Crippen LogP contribution >= 0.6 is 0 Å². The van der Waals surface area contributed by atoms with Crippen molar-refractivity contribution < 1.29 is 9.15 Å². The molecule has 2 aliphatic heterocycles. The van der Waals surface area contributed by atoms with E-state index in [4.69, 9.17) is 9.15 Å². The Bertz CT molecular complexity index is 488. The van der Waals surface area contributed by atoms with E-state index in [2.05, 4.69) is 26.9 Å². The second kappa shape index (κ2) is 5.57. The Hall–Kier alpha value is -1.14. The first-order valence-corrected chi connectivity index (χ1v) is 8.26. The Labute approximate surface area is 125 Å². The summed E-state index contributed by atoms with van der Waals surface area (Å²) in [5.74, 6) is 1.63. The molecule has 0 aromatic carbocycles. The van der Waals surface area contributed by atoms with Crippen LogP contribution in [0.1, 0.15) is 32.1 Å². The average molecular weight is 292 g/mol. The number of fused-ring (bicyclic) bond motifs is 1. The van der Waals surface area contributed by atoms with E-state index in [-0.39, 0.29) is 0 Å². The van der Waals surface area contributed by atoms with Crippen LogP contribution in [0.5, 0.6) is 0 Å². The molecule has 21 heavy (non-hydrogen) atoms. The van der Waals surface area contributed by atoms with Crippen molar-refractivity contribution in [3.8, 4) is 0 Å². The topological polar surface area (TPSA) is 54.6 Å². The van der Waals surface area contributed by atoms with Gasteiger partial charge in [-0.2, -0.15) is 0 Å². The van der Waals surface area contributed by atoms with Crippen LogP contribution < -0.4 is 4.90 Å². The van der Waals surface area contributed by atoms with Crippen LogP contribution in [0.2, 0.25) is 0 Å². The minimum absolute atomic E-state index is 0.472. The highest BCUT2D eigenvalue weighted by Gasteiger charge is 2.43. The molecule has 0 bridgehead atoms. The molecule has 0 unspecified atom stereocenters. The summed E-state index contributed by atoms with van der Waals surface area (Å²) in [7, 11) is 0. The molecule has 2 atom stereocenters. The van der Waals surface area contributed by atoms with Crippen molar-refractivity contribution in [1.29, 1.82) is 0 Å². The van der Waals surface area contributed by atoms with Crippen LogP contribution in [0.3, 0.4) is 0 Å². The van der Waals surface area contributed by atoms with Crippen molar-refractivity contribution >= 4 is 6.01 Å². The smallest absolute Gasteiger partial charge is 0.318 e. The van der Waals surface area contributed by atoms with Gasteiger partial charge in [0.2, 0.25) is 5.89 Å². The minimum Gasteiger partial charge on any atom is -0.408 e. The van der Waals surface area contributed by atoms with E-state index in [0.717, 1.165) is 57.5 Å². The molecule has 0 N–H and O–H groups in total. The molecule has 1 aromatic rings. The molecule has 0 spiro atoms. The lowest BCUT2D eigenvalue weighted by Crippen LogP contribution is -2.62. The summed E-state index contributed by atoms with van der Waals surface area (Å²) in [5.41, 5.74) is 0. The molecule has 3 aliphatic rings. The quantitative estimate of drug-likeness (QED) is 0.834. The van der Waals surface area contributed by atoms with Crippen molar-refractivity contribution in [2.24, 2.45) is 5.92 Å². The minimum atomic E-state index is 0.472. The number of piperazine rings is 1. The zero-order valence-corrected chi connectivity index (χ0v) is 12.7. The van der Waals surface area contributed by atoms with Gasteiger partial charge in [-0.1, -0.05) is 12.0 Å². The van der Waals surface area contributed by atoms with Gasteiger partial charge in [0.15, 0.2) is 0 Å². The summed E-state index contributed by atoms with van der Waals surface area (Å²) in [4.78, 5) is 4.90. The Morgan fingerprint density at radius 2 is 2.10 bits per heavy atom. The van der Waals surface area contributed by atoms with E-state index in [0.29, 0.717) is 18.1 Å².